The fraction of sp³-hybridized carbons (Fsp3) is 0.462. The molecule has 1 aromatic carbocycles. The number of para-hydroxylation sites is 1. The Morgan fingerprint density at radius 1 is 1.12 bits per heavy atom. The largest absolute Gasteiger partial charge is 0.321 e. The van der Waals surface area contributed by atoms with Crippen LogP contribution in [0.5, 0.6) is 0 Å². The van der Waals surface area contributed by atoms with Crippen LogP contribution in [0.2, 0.25) is 0 Å². The number of nitrogens with one attached hydrogen (secondary N) is 1. The lowest BCUT2D eigenvalue weighted by molar-refractivity contribution is -0.120. The average molecular weight is 239 g/mol. The van der Waals surface area contributed by atoms with E-state index in [9.17, 15) is 13.6 Å². The monoisotopic (exact) mass is 239 g/mol. The van der Waals surface area contributed by atoms with Gasteiger partial charge in [0.15, 0.2) is 0 Å². The topological polar surface area (TPSA) is 29.1 Å². The van der Waals surface area contributed by atoms with Gasteiger partial charge in [-0.25, -0.2) is 8.78 Å². The highest BCUT2D eigenvalue weighted by atomic mass is 19.1. The predicted molar refractivity (Wildman–Crippen MR) is 61.6 cm³/mol. The lowest BCUT2D eigenvalue weighted by atomic mass is 9.88. The molecule has 1 saturated carbocycles. The molecule has 0 unspecified atom stereocenters. The van der Waals surface area contributed by atoms with Gasteiger partial charge in [0.25, 0.3) is 0 Å². The predicted octanol–water partition coefficient (Wildman–Crippen LogP) is 3.48. The van der Waals surface area contributed by atoms with Gasteiger partial charge in [0.05, 0.1) is 0 Å². The number of rotatable bonds is 2. The van der Waals surface area contributed by atoms with Crippen molar-refractivity contribution < 1.29 is 13.6 Å². The van der Waals surface area contributed by atoms with E-state index in [1.807, 2.05) is 0 Å². The Morgan fingerprint density at radius 2 is 1.71 bits per heavy atom. The summed E-state index contributed by atoms with van der Waals surface area (Å²) in [6.07, 6.45) is 4.78. The van der Waals surface area contributed by atoms with Crippen LogP contribution in [0.3, 0.4) is 0 Å². The number of benzene rings is 1. The maximum absolute atomic E-state index is 13.3. The van der Waals surface area contributed by atoms with Crippen LogP contribution in [0.25, 0.3) is 0 Å². The molecule has 1 fully saturated rings. The Kier molecular flexibility index (Phi) is 3.71. The van der Waals surface area contributed by atoms with Gasteiger partial charge in [-0.3, -0.25) is 4.79 Å². The second-order valence-electron chi connectivity index (χ2n) is 4.42. The van der Waals surface area contributed by atoms with Crippen molar-refractivity contribution >= 4 is 11.6 Å². The van der Waals surface area contributed by atoms with Crippen molar-refractivity contribution in [2.24, 2.45) is 5.92 Å². The van der Waals surface area contributed by atoms with Crippen LogP contribution in [0.4, 0.5) is 14.5 Å². The number of hydrogen-bond donors (Lipinski definition) is 1. The minimum atomic E-state index is -0.728. The first-order valence-electron chi connectivity index (χ1n) is 5.93. The van der Waals surface area contributed by atoms with Crippen LogP contribution in [0.1, 0.15) is 32.1 Å². The van der Waals surface area contributed by atoms with Crippen LogP contribution in [0.15, 0.2) is 18.2 Å². The maximum atomic E-state index is 13.3. The molecule has 1 aliphatic carbocycles. The van der Waals surface area contributed by atoms with Crippen molar-refractivity contribution in [2.75, 3.05) is 5.32 Å². The molecule has 92 valence electrons. The Morgan fingerprint density at radius 3 is 2.29 bits per heavy atom. The zero-order chi connectivity index (χ0) is 12.3. The average Bonchev–Trinajstić information content (AvgIpc) is 2.35. The van der Waals surface area contributed by atoms with Crippen molar-refractivity contribution in [1.29, 1.82) is 0 Å². The molecule has 0 heterocycles. The minimum absolute atomic E-state index is 0.109. The summed E-state index contributed by atoms with van der Waals surface area (Å²) < 4.78 is 26.6. The number of hydrogen-bond acceptors (Lipinski definition) is 1. The molecule has 17 heavy (non-hydrogen) atoms. The fourth-order valence-electron chi connectivity index (χ4n) is 2.21. The molecule has 0 atom stereocenters. The van der Waals surface area contributed by atoms with Crippen LogP contribution >= 0.6 is 0 Å². The van der Waals surface area contributed by atoms with Gasteiger partial charge in [0.1, 0.15) is 17.3 Å². The van der Waals surface area contributed by atoms with Gasteiger partial charge in [0, 0.05) is 5.92 Å². The maximum Gasteiger partial charge on any atom is 0.227 e. The summed E-state index contributed by atoms with van der Waals surface area (Å²) >= 11 is 0. The summed E-state index contributed by atoms with van der Waals surface area (Å²) in [7, 11) is 0. The third kappa shape index (κ3) is 2.81. The van der Waals surface area contributed by atoms with E-state index < -0.39 is 11.6 Å². The molecule has 4 heteroatoms. The number of halogens is 2. The van der Waals surface area contributed by atoms with E-state index in [1.54, 1.807) is 0 Å². The third-order valence-corrected chi connectivity index (χ3v) is 3.19. The molecule has 0 spiro atoms. The smallest absolute Gasteiger partial charge is 0.227 e. The van der Waals surface area contributed by atoms with Gasteiger partial charge >= 0.3 is 0 Å². The van der Waals surface area contributed by atoms with E-state index in [0.29, 0.717) is 0 Å². The Bertz CT molecular complexity index is 394. The van der Waals surface area contributed by atoms with E-state index in [2.05, 4.69) is 5.32 Å². The lowest BCUT2D eigenvalue weighted by Gasteiger charge is -2.20. The van der Waals surface area contributed by atoms with Gasteiger partial charge < -0.3 is 5.32 Å². The van der Waals surface area contributed by atoms with Crippen molar-refractivity contribution in [2.45, 2.75) is 32.1 Å². The number of anilines is 1. The molecule has 0 bridgehead atoms. The highest BCUT2D eigenvalue weighted by Gasteiger charge is 2.22. The standard InChI is InChI=1S/C13H15F2NO/c14-10-7-4-8-11(15)12(10)16-13(17)9-5-2-1-3-6-9/h4,7-9H,1-3,5-6H2,(H,16,17). The highest BCUT2D eigenvalue weighted by Crippen LogP contribution is 2.26. The summed E-state index contributed by atoms with van der Waals surface area (Å²) in [6, 6.07) is 3.56. The fourth-order valence-corrected chi connectivity index (χ4v) is 2.21. The van der Waals surface area contributed by atoms with Crippen LogP contribution in [-0.2, 0) is 4.79 Å². The van der Waals surface area contributed by atoms with Gasteiger partial charge in [-0.1, -0.05) is 25.3 Å². The molecule has 1 aliphatic rings. The van der Waals surface area contributed by atoms with Crippen molar-refractivity contribution in [3.05, 3.63) is 29.8 Å². The normalized spacial score (nSPS) is 16.8. The number of carbonyl (C=O) groups excluding carboxylic acids is 1. The van der Waals surface area contributed by atoms with E-state index in [4.69, 9.17) is 0 Å². The molecule has 0 radical (unpaired) electrons. The second-order valence-corrected chi connectivity index (χ2v) is 4.42. The minimum Gasteiger partial charge on any atom is -0.321 e. The van der Waals surface area contributed by atoms with Gasteiger partial charge in [0.2, 0.25) is 5.91 Å². The highest BCUT2D eigenvalue weighted by molar-refractivity contribution is 5.92. The first kappa shape index (κ1) is 12.0. The number of amides is 1. The van der Waals surface area contributed by atoms with Gasteiger partial charge in [-0.05, 0) is 25.0 Å². The lowest BCUT2D eigenvalue weighted by Crippen LogP contribution is -2.25. The summed E-state index contributed by atoms with van der Waals surface area (Å²) in [6.45, 7) is 0. The number of carbonyl (C=O) groups is 1. The molecule has 1 N–H and O–H groups in total. The molecule has 2 nitrogen and oxygen atoms in total. The van der Waals surface area contributed by atoms with Gasteiger partial charge in [-0.2, -0.15) is 0 Å². The first-order valence-corrected chi connectivity index (χ1v) is 5.93. The molecular weight excluding hydrogens is 224 g/mol. The molecular formula is C13H15F2NO. The Balaban J connectivity index is 2.07. The molecule has 2 rings (SSSR count). The van der Waals surface area contributed by atoms with Crippen molar-refractivity contribution in [3.63, 3.8) is 0 Å². The zero-order valence-corrected chi connectivity index (χ0v) is 9.51. The van der Waals surface area contributed by atoms with E-state index in [1.165, 1.54) is 6.07 Å². The summed E-state index contributed by atoms with van der Waals surface area (Å²) in [4.78, 5) is 11.8. The second kappa shape index (κ2) is 5.25. The summed E-state index contributed by atoms with van der Waals surface area (Å²) in [5.74, 6) is -1.83. The summed E-state index contributed by atoms with van der Waals surface area (Å²) in [5, 5.41) is 2.36. The molecule has 1 aromatic rings. The van der Waals surface area contributed by atoms with Crippen LogP contribution < -0.4 is 5.32 Å². The zero-order valence-electron chi connectivity index (χ0n) is 9.51. The Labute approximate surface area is 99.0 Å². The van der Waals surface area contributed by atoms with E-state index in [0.717, 1.165) is 44.2 Å². The molecule has 0 saturated heterocycles. The summed E-state index contributed by atoms with van der Waals surface area (Å²) in [5.41, 5.74) is -0.330. The third-order valence-electron chi connectivity index (χ3n) is 3.19. The Hall–Kier alpha value is -1.45. The van der Waals surface area contributed by atoms with Crippen LogP contribution in [-0.4, -0.2) is 5.91 Å². The van der Waals surface area contributed by atoms with Crippen LogP contribution in [0, 0.1) is 17.6 Å². The van der Waals surface area contributed by atoms with E-state index >= 15 is 0 Å². The van der Waals surface area contributed by atoms with Crippen molar-refractivity contribution in [1.82, 2.24) is 0 Å². The molecule has 0 aromatic heterocycles. The molecule has 0 aliphatic heterocycles. The quantitative estimate of drug-likeness (QED) is 0.841. The first-order chi connectivity index (χ1) is 8.18. The van der Waals surface area contributed by atoms with Crippen molar-refractivity contribution in [3.8, 4) is 0 Å². The van der Waals surface area contributed by atoms with Gasteiger partial charge in [-0.15, -0.1) is 0 Å². The molecule has 1 amide bonds. The van der Waals surface area contributed by atoms with E-state index in [-0.39, 0.29) is 17.5 Å². The SMILES string of the molecule is O=C(Nc1c(F)cccc1F)C1CCCCC1.